The highest BCUT2D eigenvalue weighted by Gasteiger charge is 2.19. The van der Waals surface area contributed by atoms with Gasteiger partial charge in [0, 0.05) is 22.9 Å². The van der Waals surface area contributed by atoms with Crippen molar-refractivity contribution in [1.82, 2.24) is 15.0 Å². The third-order valence-electron chi connectivity index (χ3n) is 5.02. The molecule has 1 heterocycles. The van der Waals surface area contributed by atoms with Crippen LogP contribution in [0.4, 0.5) is 11.4 Å². The first kappa shape index (κ1) is 20.0. The number of hydrogen-bond donors (Lipinski definition) is 1. The number of aromatic nitrogens is 3. The largest absolute Gasteiger partial charge is 0.497 e. The van der Waals surface area contributed by atoms with Crippen molar-refractivity contribution in [3.63, 3.8) is 0 Å². The van der Waals surface area contributed by atoms with Crippen molar-refractivity contribution in [2.75, 3.05) is 12.4 Å². The number of benzene rings is 3. The molecule has 0 aliphatic carbocycles. The third-order valence-corrected chi connectivity index (χ3v) is 5.02. The van der Waals surface area contributed by atoms with E-state index in [1.54, 1.807) is 26.2 Å². The molecule has 9 nitrogen and oxygen atoms in total. The summed E-state index contributed by atoms with van der Waals surface area (Å²) < 4.78 is 5.17. The zero-order valence-electron chi connectivity index (χ0n) is 17.1. The average Bonchev–Trinajstić information content (AvgIpc) is 3.16. The first-order valence-corrected chi connectivity index (χ1v) is 9.45. The smallest absolute Gasteiger partial charge is 0.273 e. The highest BCUT2D eigenvalue weighted by atomic mass is 16.6. The van der Waals surface area contributed by atoms with E-state index in [4.69, 9.17) is 4.74 Å². The minimum atomic E-state index is -0.499. The number of carbonyl (C=O) groups excluding carboxylic acids is 1. The highest BCUT2D eigenvalue weighted by molar-refractivity contribution is 6.06. The standard InChI is InChI=1S/C22H19N5O4/c1-13-11-19-20(25-26(24-19)15-7-9-16(31-3)10-8-15)12-18(13)23-22(28)17-5-4-6-21(14(17)2)27(29)30/h4-12H,1-3H3,(H,23,28). The third kappa shape index (κ3) is 3.80. The second-order valence-corrected chi connectivity index (χ2v) is 7.00. The molecule has 31 heavy (non-hydrogen) atoms. The van der Waals surface area contributed by atoms with E-state index >= 15 is 0 Å². The molecule has 1 N–H and O–H groups in total. The molecule has 0 aliphatic heterocycles. The van der Waals surface area contributed by atoms with E-state index in [9.17, 15) is 14.9 Å². The Bertz CT molecular complexity index is 1310. The van der Waals surface area contributed by atoms with Crippen LogP contribution in [-0.4, -0.2) is 32.9 Å². The fourth-order valence-electron chi connectivity index (χ4n) is 3.29. The minimum Gasteiger partial charge on any atom is -0.497 e. The van der Waals surface area contributed by atoms with E-state index < -0.39 is 10.8 Å². The van der Waals surface area contributed by atoms with E-state index in [1.807, 2.05) is 37.3 Å². The lowest BCUT2D eigenvalue weighted by Crippen LogP contribution is -2.14. The van der Waals surface area contributed by atoms with Gasteiger partial charge < -0.3 is 10.1 Å². The van der Waals surface area contributed by atoms with Crippen LogP contribution in [0.25, 0.3) is 16.7 Å². The molecule has 9 heteroatoms. The Hall–Kier alpha value is -4.27. The summed E-state index contributed by atoms with van der Waals surface area (Å²) in [5.41, 5.74) is 3.88. The molecule has 0 spiro atoms. The lowest BCUT2D eigenvalue weighted by molar-refractivity contribution is -0.385. The Morgan fingerprint density at radius 2 is 1.74 bits per heavy atom. The van der Waals surface area contributed by atoms with Crippen LogP contribution in [0.15, 0.2) is 54.6 Å². The van der Waals surface area contributed by atoms with Gasteiger partial charge in [0.2, 0.25) is 0 Å². The number of carbonyl (C=O) groups is 1. The second kappa shape index (κ2) is 7.86. The van der Waals surface area contributed by atoms with Crippen LogP contribution in [0.5, 0.6) is 5.75 Å². The topological polar surface area (TPSA) is 112 Å². The van der Waals surface area contributed by atoms with Gasteiger partial charge in [0.1, 0.15) is 16.8 Å². The summed E-state index contributed by atoms with van der Waals surface area (Å²) in [6.45, 7) is 3.41. The molecule has 0 bridgehead atoms. The van der Waals surface area contributed by atoms with E-state index in [0.717, 1.165) is 17.0 Å². The zero-order chi connectivity index (χ0) is 22.1. The summed E-state index contributed by atoms with van der Waals surface area (Å²) >= 11 is 0. The van der Waals surface area contributed by atoms with Gasteiger partial charge >= 0.3 is 0 Å². The summed E-state index contributed by atoms with van der Waals surface area (Å²) in [5.74, 6) is 0.309. The van der Waals surface area contributed by atoms with Crippen LogP contribution in [0.2, 0.25) is 0 Å². The molecule has 1 amide bonds. The molecule has 0 saturated heterocycles. The monoisotopic (exact) mass is 417 g/mol. The molecule has 1 aromatic heterocycles. The number of hydrogen-bond acceptors (Lipinski definition) is 6. The summed E-state index contributed by atoms with van der Waals surface area (Å²) in [6.07, 6.45) is 0. The number of nitrogens with zero attached hydrogens (tertiary/aromatic N) is 4. The predicted molar refractivity (Wildman–Crippen MR) is 116 cm³/mol. The quantitative estimate of drug-likeness (QED) is 0.385. The van der Waals surface area contributed by atoms with Gasteiger partial charge in [-0.3, -0.25) is 14.9 Å². The number of anilines is 1. The second-order valence-electron chi connectivity index (χ2n) is 7.00. The lowest BCUT2D eigenvalue weighted by Gasteiger charge is -2.10. The number of amides is 1. The molecule has 0 atom stereocenters. The van der Waals surface area contributed by atoms with Crippen molar-refractivity contribution in [1.29, 1.82) is 0 Å². The van der Waals surface area contributed by atoms with Crippen molar-refractivity contribution >= 4 is 28.3 Å². The van der Waals surface area contributed by atoms with Crippen LogP contribution >= 0.6 is 0 Å². The first-order chi connectivity index (χ1) is 14.9. The number of rotatable bonds is 5. The summed E-state index contributed by atoms with van der Waals surface area (Å²) in [4.78, 5) is 25.0. The van der Waals surface area contributed by atoms with Crippen LogP contribution in [0.3, 0.4) is 0 Å². The van der Waals surface area contributed by atoms with Gasteiger partial charge in [-0.05, 0) is 61.9 Å². The van der Waals surface area contributed by atoms with Crippen molar-refractivity contribution in [2.24, 2.45) is 0 Å². The summed E-state index contributed by atoms with van der Waals surface area (Å²) in [6, 6.07) is 15.3. The molecule has 4 rings (SSSR count). The minimum absolute atomic E-state index is 0.0951. The van der Waals surface area contributed by atoms with Crippen molar-refractivity contribution in [3.8, 4) is 11.4 Å². The fourth-order valence-corrected chi connectivity index (χ4v) is 3.29. The van der Waals surface area contributed by atoms with E-state index in [2.05, 4.69) is 15.5 Å². The Morgan fingerprint density at radius 3 is 2.39 bits per heavy atom. The molecule has 3 aromatic carbocycles. The average molecular weight is 417 g/mol. The number of nitrogens with one attached hydrogen (secondary N) is 1. The molecular weight excluding hydrogens is 398 g/mol. The Kier molecular flexibility index (Phi) is 5.08. The first-order valence-electron chi connectivity index (χ1n) is 9.45. The maximum Gasteiger partial charge on any atom is 0.273 e. The maximum atomic E-state index is 12.8. The molecule has 156 valence electrons. The van der Waals surface area contributed by atoms with Crippen LogP contribution < -0.4 is 10.1 Å². The zero-order valence-corrected chi connectivity index (χ0v) is 17.1. The Balaban J connectivity index is 1.65. The molecule has 0 aliphatic rings. The molecule has 0 unspecified atom stereocenters. The Morgan fingerprint density at radius 1 is 1.06 bits per heavy atom. The molecule has 4 aromatic rings. The van der Waals surface area contributed by atoms with Gasteiger partial charge in [0.05, 0.1) is 17.7 Å². The van der Waals surface area contributed by atoms with Gasteiger partial charge in [0.15, 0.2) is 0 Å². The number of nitro groups is 1. The number of ether oxygens (including phenoxy) is 1. The van der Waals surface area contributed by atoms with E-state index in [0.29, 0.717) is 22.3 Å². The molecule has 0 saturated carbocycles. The van der Waals surface area contributed by atoms with E-state index in [1.165, 1.54) is 16.9 Å². The maximum absolute atomic E-state index is 12.8. The van der Waals surface area contributed by atoms with Gasteiger partial charge in [-0.15, -0.1) is 10.2 Å². The van der Waals surface area contributed by atoms with Crippen molar-refractivity contribution in [2.45, 2.75) is 13.8 Å². The normalized spacial score (nSPS) is 10.8. The van der Waals surface area contributed by atoms with Crippen LogP contribution in [0, 0.1) is 24.0 Å². The number of methoxy groups -OCH3 is 1. The summed E-state index contributed by atoms with van der Waals surface area (Å²) in [5, 5.41) is 23.0. The lowest BCUT2D eigenvalue weighted by atomic mass is 10.1. The van der Waals surface area contributed by atoms with Gasteiger partial charge in [-0.1, -0.05) is 6.07 Å². The molecule has 0 radical (unpaired) electrons. The number of aryl methyl sites for hydroxylation is 1. The van der Waals surface area contributed by atoms with Crippen molar-refractivity contribution < 1.29 is 14.5 Å². The SMILES string of the molecule is COc1ccc(-n2nc3cc(C)c(NC(=O)c4cccc([N+](=O)[O-])c4C)cc3n2)cc1. The Labute approximate surface area is 177 Å². The summed E-state index contributed by atoms with van der Waals surface area (Å²) in [7, 11) is 1.60. The number of nitro benzene ring substituents is 1. The van der Waals surface area contributed by atoms with Crippen molar-refractivity contribution in [3.05, 3.63) is 81.4 Å². The highest BCUT2D eigenvalue weighted by Crippen LogP contribution is 2.25. The fraction of sp³-hybridized carbons (Fsp3) is 0.136. The predicted octanol–water partition coefficient (Wildman–Crippen LogP) is 4.21. The number of fused-ring (bicyclic) bond motifs is 1. The molecule has 0 fully saturated rings. The van der Waals surface area contributed by atoms with Gasteiger partial charge in [0.25, 0.3) is 11.6 Å². The van der Waals surface area contributed by atoms with E-state index in [-0.39, 0.29) is 11.3 Å². The van der Waals surface area contributed by atoms with Gasteiger partial charge in [-0.25, -0.2) is 0 Å². The van der Waals surface area contributed by atoms with Crippen LogP contribution in [0.1, 0.15) is 21.5 Å². The van der Waals surface area contributed by atoms with Crippen LogP contribution in [-0.2, 0) is 0 Å². The van der Waals surface area contributed by atoms with Gasteiger partial charge in [-0.2, -0.15) is 4.80 Å². The molecular formula is C22H19N5O4.